The lowest BCUT2D eigenvalue weighted by Crippen LogP contribution is -1.91. The zero-order valence-corrected chi connectivity index (χ0v) is 14.4. The third-order valence-electron chi connectivity index (χ3n) is 3.60. The molecule has 2 aromatic heterocycles. The number of aromatic nitrogens is 3. The molecule has 6 heteroatoms. The van der Waals surface area contributed by atoms with Crippen LogP contribution in [-0.4, -0.2) is 15.0 Å². The average molecular weight is 352 g/mol. The van der Waals surface area contributed by atoms with Crippen molar-refractivity contribution in [3.05, 3.63) is 64.8 Å². The minimum atomic E-state index is 0.179. The highest BCUT2D eigenvalue weighted by atomic mass is 35.5. The number of hydrogen-bond acceptors (Lipinski definition) is 5. The number of rotatable bonds is 3. The summed E-state index contributed by atoms with van der Waals surface area (Å²) in [7, 11) is 0. The van der Waals surface area contributed by atoms with Gasteiger partial charge in [-0.15, -0.1) is 0 Å². The fourth-order valence-electron chi connectivity index (χ4n) is 2.63. The second-order valence-corrected chi connectivity index (χ2v) is 6.23. The van der Waals surface area contributed by atoms with E-state index in [2.05, 4.69) is 21.0 Å². The predicted octanol–water partition coefficient (Wildman–Crippen LogP) is 5.35. The standard InChI is InChI=1S/C19H14ClN3O2/c1-11-6-12(2)8-13(7-11)17-22-16-10-21-19(23-18(16)25-17)24-15-5-3-4-14(20)9-15/h3-10H,1-2H3. The van der Waals surface area contributed by atoms with Gasteiger partial charge in [0.05, 0.1) is 6.20 Å². The van der Waals surface area contributed by atoms with Crippen LogP contribution in [0.5, 0.6) is 11.8 Å². The summed E-state index contributed by atoms with van der Waals surface area (Å²) >= 11 is 5.95. The number of hydrogen-bond donors (Lipinski definition) is 0. The van der Waals surface area contributed by atoms with Gasteiger partial charge in [0.2, 0.25) is 5.89 Å². The summed E-state index contributed by atoms with van der Waals surface area (Å²) in [6, 6.07) is 13.4. The molecular formula is C19H14ClN3O2. The van der Waals surface area contributed by atoms with Crippen molar-refractivity contribution in [2.75, 3.05) is 0 Å². The molecule has 0 aliphatic heterocycles. The number of fused-ring (bicyclic) bond motifs is 1. The van der Waals surface area contributed by atoms with Crippen molar-refractivity contribution in [3.63, 3.8) is 0 Å². The molecule has 5 nitrogen and oxygen atoms in total. The molecular weight excluding hydrogens is 338 g/mol. The van der Waals surface area contributed by atoms with Crippen LogP contribution in [0.25, 0.3) is 22.7 Å². The van der Waals surface area contributed by atoms with Crippen LogP contribution in [0.2, 0.25) is 5.02 Å². The Hall–Kier alpha value is -2.92. The maximum Gasteiger partial charge on any atom is 0.325 e. The molecule has 0 saturated carbocycles. The summed E-state index contributed by atoms with van der Waals surface area (Å²) < 4.78 is 11.4. The zero-order chi connectivity index (χ0) is 17.4. The lowest BCUT2D eigenvalue weighted by atomic mass is 10.1. The van der Waals surface area contributed by atoms with Gasteiger partial charge in [-0.25, -0.2) is 9.97 Å². The molecule has 0 aliphatic rings. The van der Waals surface area contributed by atoms with Crippen LogP contribution in [0.15, 0.2) is 53.1 Å². The summed E-state index contributed by atoms with van der Waals surface area (Å²) in [5.41, 5.74) is 4.16. The van der Waals surface area contributed by atoms with Crippen LogP contribution in [0, 0.1) is 13.8 Å². The molecule has 0 bridgehead atoms. The maximum absolute atomic E-state index is 5.95. The van der Waals surface area contributed by atoms with Crippen molar-refractivity contribution < 1.29 is 9.15 Å². The van der Waals surface area contributed by atoms with Crippen molar-refractivity contribution in [1.29, 1.82) is 0 Å². The fourth-order valence-corrected chi connectivity index (χ4v) is 2.81. The molecule has 0 aliphatic carbocycles. The Morgan fingerprint density at radius 2 is 1.80 bits per heavy atom. The van der Waals surface area contributed by atoms with Crippen molar-refractivity contribution in [1.82, 2.24) is 15.0 Å². The van der Waals surface area contributed by atoms with Gasteiger partial charge in [-0.3, -0.25) is 0 Å². The fraction of sp³-hybridized carbons (Fsp3) is 0.105. The first-order valence-electron chi connectivity index (χ1n) is 7.72. The van der Waals surface area contributed by atoms with Gasteiger partial charge in [0, 0.05) is 10.6 Å². The quantitative estimate of drug-likeness (QED) is 0.498. The number of benzene rings is 2. The Morgan fingerprint density at radius 3 is 2.56 bits per heavy atom. The predicted molar refractivity (Wildman–Crippen MR) is 96.0 cm³/mol. The first-order valence-corrected chi connectivity index (χ1v) is 8.10. The molecule has 2 aromatic carbocycles. The molecule has 0 amide bonds. The molecule has 0 spiro atoms. The van der Waals surface area contributed by atoms with E-state index in [4.69, 9.17) is 20.8 Å². The first kappa shape index (κ1) is 15.6. The van der Waals surface area contributed by atoms with Crippen molar-refractivity contribution in [3.8, 4) is 23.2 Å². The van der Waals surface area contributed by atoms with E-state index in [0.717, 1.165) is 16.7 Å². The molecule has 0 atom stereocenters. The Morgan fingerprint density at radius 1 is 1.00 bits per heavy atom. The van der Waals surface area contributed by atoms with Crippen LogP contribution in [0.3, 0.4) is 0 Å². The van der Waals surface area contributed by atoms with Crippen molar-refractivity contribution in [2.45, 2.75) is 13.8 Å². The summed E-state index contributed by atoms with van der Waals surface area (Å²) in [4.78, 5) is 12.9. The van der Waals surface area contributed by atoms with E-state index >= 15 is 0 Å². The SMILES string of the molecule is Cc1cc(C)cc(-c2nc3cnc(Oc4cccc(Cl)c4)nc3o2)c1. The largest absolute Gasteiger partial charge is 0.424 e. The molecule has 25 heavy (non-hydrogen) atoms. The van der Waals surface area contributed by atoms with Crippen molar-refractivity contribution >= 4 is 22.8 Å². The topological polar surface area (TPSA) is 61.0 Å². The van der Waals surface area contributed by atoms with E-state index in [0.29, 0.717) is 27.9 Å². The van der Waals surface area contributed by atoms with Gasteiger partial charge < -0.3 is 9.15 Å². The second-order valence-electron chi connectivity index (χ2n) is 5.80. The molecule has 124 valence electrons. The van der Waals surface area contributed by atoms with Gasteiger partial charge in [0.1, 0.15) is 11.3 Å². The Labute approximate surface area is 149 Å². The zero-order valence-electron chi connectivity index (χ0n) is 13.7. The van der Waals surface area contributed by atoms with E-state index in [1.54, 1.807) is 30.5 Å². The van der Waals surface area contributed by atoms with Gasteiger partial charge in [-0.1, -0.05) is 34.9 Å². The van der Waals surface area contributed by atoms with E-state index in [-0.39, 0.29) is 6.01 Å². The lowest BCUT2D eigenvalue weighted by Gasteiger charge is -2.02. The third kappa shape index (κ3) is 3.32. The highest BCUT2D eigenvalue weighted by molar-refractivity contribution is 6.30. The van der Waals surface area contributed by atoms with Crippen LogP contribution >= 0.6 is 11.6 Å². The maximum atomic E-state index is 5.95. The average Bonchev–Trinajstić information content (AvgIpc) is 2.97. The molecule has 4 aromatic rings. The summed E-state index contributed by atoms with van der Waals surface area (Å²) in [6.07, 6.45) is 1.58. The second kappa shape index (κ2) is 6.18. The summed E-state index contributed by atoms with van der Waals surface area (Å²) in [6.45, 7) is 4.08. The highest BCUT2D eigenvalue weighted by Gasteiger charge is 2.12. The normalized spacial score (nSPS) is 11.0. The Balaban J connectivity index is 1.69. The van der Waals surface area contributed by atoms with Crippen LogP contribution in [0.1, 0.15) is 11.1 Å². The van der Waals surface area contributed by atoms with E-state index in [1.165, 1.54) is 0 Å². The van der Waals surface area contributed by atoms with Crippen LogP contribution < -0.4 is 4.74 Å². The number of halogens is 1. The van der Waals surface area contributed by atoms with Crippen LogP contribution in [0.4, 0.5) is 0 Å². The van der Waals surface area contributed by atoms with Gasteiger partial charge in [-0.05, 0) is 44.2 Å². The lowest BCUT2D eigenvalue weighted by molar-refractivity contribution is 0.440. The van der Waals surface area contributed by atoms with E-state index < -0.39 is 0 Å². The number of ether oxygens (including phenoxy) is 1. The molecule has 0 unspecified atom stereocenters. The smallest absolute Gasteiger partial charge is 0.325 e. The molecule has 0 saturated heterocycles. The Bertz CT molecular complexity index is 1060. The molecule has 2 heterocycles. The minimum absolute atomic E-state index is 0.179. The number of aryl methyl sites for hydroxylation is 2. The monoisotopic (exact) mass is 351 g/mol. The molecule has 4 rings (SSSR count). The van der Waals surface area contributed by atoms with Gasteiger partial charge in [0.15, 0.2) is 0 Å². The summed E-state index contributed by atoms with van der Waals surface area (Å²) in [5, 5.41) is 0.579. The molecule has 0 radical (unpaired) electrons. The number of oxazole rings is 1. The van der Waals surface area contributed by atoms with E-state index in [1.807, 2.05) is 26.0 Å². The van der Waals surface area contributed by atoms with Crippen molar-refractivity contribution in [2.24, 2.45) is 0 Å². The highest BCUT2D eigenvalue weighted by Crippen LogP contribution is 2.27. The van der Waals surface area contributed by atoms with Gasteiger partial charge >= 0.3 is 6.01 Å². The van der Waals surface area contributed by atoms with E-state index in [9.17, 15) is 0 Å². The van der Waals surface area contributed by atoms with Crippen LogP contribution in [-0.2, 0) is 0 Å². The molecule has 0 N–H and O–H groups in total. The summed E-state index contributed by atoms with van der Waals surface area (Å²) in [5.74, 6) is 1.07. The van der Waals surface area contributed by atoms with Gasteiger partial charge in [-0.2, -0.15) is 4.98 Å². The third-order valence-corrected chi connectivity index (χ3v) is 3.84. The number of nitrogens with zero attached hydrogens (tertiary/aromatic N) is 3. The Kier molecular flexibility index (Phi) is 3.86. The first-order chi connectivity index (χ1) is 12.1. The van der Waals surface area contributed by atoms with Gasteiger partial charge in [0.25, 0.3) is 5.71 Å². The molecule has 0 fully saturated rings. The minimum Gasteiger partial charge on any atom is -0.424 e.